The first-order valence-electron chi connectivity index (χ1n) is 6.02. The molecule has 4 nitrogen and oxygen atoms in total. The number of hydrogen-bond acceptors (Lipinski definition) is 3. The predicted molar refractivity (Wildman–Crippen MR) is 69.9 cm³/mol. The lowest BCUT2D eigenvalue weighted by molar-refractivity contribution is -0.120. The van der Waals surface area contributed by atoms with E-state index in [9.17, 15) is 4.79 Å². The van der Waals surface area contributed by atoms with E-state index in [-0.39, 0.29) is 5.91 Å². The van der Waals surface area contributed by atoms with Crippen LogP contribution in [0.1, 0.15) is 26.0 Å². The van der Waals surface area contributed by atoms with E-state index in [1.165, 1.54) is 0 Å². The Morgan fingerprint density at radius 3 is 2.82 bits per heavy atom. The standard InChI is InChI=1S/C13H21N3O/c1-10(2)9-15-13(17)7-8-14-12-6-4-5-11(3)16-12/h4-6,10H,7-9H2,1-3H3,(H,14,16)(H,15,17). The molecule has 0 aliphatic carbocycles. The molecule has 1 heterocycles. The Morgan fingerprint density at radius 1 is 1.41 bits per heavy atom. The van der Waals surface area contributed by atoms with E-state index in [0.29, 0.717) is 18.9 Å². The number of pyridine rings is 1. The number of aryl methyl sites for hydroxylation is 1. The third kappa shape index (κ3) is 5.90. The molecule has 1 amide bonds. The molecule has 2 N–H and O–H groups in total. The van der Waals surface area contributed by atoms with Gasteiger partial charge in [-0.2, -0.15) is 0 Å². The molecule has 0 atom stereocenters. The van der Waals surface area contributed by atoms with Gasteiger partial charge < -0.3 is 10.6 Å². The zero-order chi connectivity index (χ0) is 12.7. The summed E-state index contributed by atoms with van der Waals surface area (Å²) in [5, 5.41) is 6.01. The number of nitrogens with zero attached hydrogens (tertiary/aromatic N) is 1. The summed E-state index contributed by atoms with van der Waals surface area (Å²) in [4.78, 5) is 15.7. The van der Waals surface area contributed by atoms with Gasteiger partial charge in [-0.05, 0) is 25.0 Å². The first-order valence-corrected chi connectivity index (χ1v) is 6.02. The van der Waals surface area contributed by atoms with Crippen molar-refractivity contribution in [3.63, 3.8) is 0 Å². The maximum absolute atomic E-state index is 11.4. The fourth-order valence-corrected chi connectivity index (χ4v) is 1.35. The topological polar surface area (TPSA) is 54.0 Å². The Morgan fingerprint density at radius 2 is 2.18 bits per heavy atom. The Hall–Kier alpha value is -1.58. The van der Waals surface area contributed by atoms with Crippen LogP contribution in [0, 0.1) is 12.8 Å². The molecule has 0 saturated heterocycles. The number of carbonyl (C=O) groups excluding carboxylic acids is 1. The number of nitrogens with one attached hydrogen (secondary N) is 2. The minimum Gasteiger partial charge on any atom is -0.370 e. The summed E-state index contributed by atoms with van der Waals surface area (Å²) in [6.45, 7) is 7.45. The highest BCUT2D eigenvalue weighted by Gasteiger charge is 2.02. The van der Waals surface area contributed by atoms with Gasteiger partial charge in [-0.25, -0.2) is 4.98 Å². The summed E-state index contributed by atoms with van der Waals surface area (Å²) < 4.78 is 0. The summed E-state index contributed by atoms with van der Waals surface area (Å²) in [6, 6.07) is 5.79. The maximum atomic E-state index is 11.4. The van der Waals surface area contributed by atoms with Crippen LogP contribution in [-0.4, -0.2) is 24.0 Å². The molecule has 0 spiro atoms. The van der Waals surface area contributed by atoms with Crippen LogP contribution in [0.3, 0.4) is 0 Å². The third-order valence-corrected chi connectivity index (χ3v) is 2.25. The lowest BCUT2D eigenvalue weighted by atomic mass is 10.2. The second-order valence-electron chi connectivity index (χ2n) is 4.54. The maximum Gasteiger partial charge on any atom is 0.221 e. The van der Waals surface area contributed by atoms with Crippen molar-refractivity contribution in [2.45, 2.75) is 27.2 Å². The van der Waals surface area contributed by atoms with Crippen LogP contribution in [0.15, 0.2) is 18.2 Å². The fraction of sp³-hybridized carbons (Fsp3) is 0.538. The highest BCUT2D eigenvalue weighted by Crippen LogP contribution is 2.03. The first-order chi connectivity index (χ1) is 8.08. The van der Waals surface area contributed by atoms with Gasteiger partial charge in [-0.1, -0.05) is 19.9 Å². The van der Waals surface area contributed by atoms with E-state index >= 15 is 0 Å². The molecule has 0 unspecified atom stereocenters. The Bertz CT molecular complexity index is 363. The van der Waals surface area contributed by atoms with Gasteiger partial charge in [0.2, 0.25) is 5.91 Å². The Balaban J connectivity index is 2.21. The van der Waals surface area contributed by atoms with Gasteiger partial charge in [0.25, 0.3) is 0 Å². The molecule has 0 aliphatic heterocycles. The summed E-state index contributed by atoms with van der Waals surface area (Å²) in [5.74, 6) is 1.39. The molecule has 4 heteroatoms. The van der Waals surface area contributed by atoms with Crippen LogP contribution in [0.2, 0.25) is 0 Å². The van der Waals surface area contributed by atoms with E-state index in [2.05, 4.69) is 29.5 Å². The Kier molecular flexibility index (Phi) is 5.46. The Labute approximate surface area is 103 Å². The molecule has 0 radical (unpaired) electrons. The van der Waals surface area contributed by atoms with Crippen molar-refractivity contribution < 1.29 is 4.79 Å². The van der Waals surface area contributed by atoms with Crippen molar-refractivity contribution in [3.8, 4) is 0 Å². The smallest absolute Gasteiger partial charge is 0.221 e. The second-order valence-corrected chi connectivity index (χ2v) is 4.54. The van der Waals surface area contributed by atoms with Gasteiger partial charge in [0.05, 0.1) is 0 Å². The molecule has 1 aromatic heterocycles. The van der Waals surface area contributed by atoms with Crippen molar-refractivity contribution in [2.24, 2.45) is 5.92 Å². The lowest BCUT2D eigenvalue weighted by Crippen LogP contribution is -2.28. The minimum atomic E-state index is 0.0823. The molecule has 1 aromatic rings. The van der Waals surface area contributed by atoms with Crippen molar-refractivity contribution >= 4 is 11.7 Å². The van der Waals surface area contributed by atoms with E-state index in [4.69, 9.17) is 0 Å². The molecule has 0 saturated carbocycles. The molecule has 0 aromatic carbocycles. The summed E-state index contributed by atoms with van der Waals surface area (Å²) in [6.07, 6.45) is 0.475. The normalized spacial score (nSPS) is 10.4. The van der Waals surface area contributed by atoms with Crippen LogP contribution in [0.4, 0.5) is 5.82 Å². The van der Waals surface area contributed by atoms with E-state index in [1.54, 1.807) is 0 Å². The van der Waals surface area contributed by atoms with Gasteiger partial charge in [0, 0.05) is 25.2 Å². The van der Waals surface area contributed by atoms with Gasteiger partial charge in [0.15, 0.2) is 0 Å². The van der Waals surface area contributed by atoms with Crippen LogP contribution in [-0.2, 0) is 4.79 Å². The molecule has 0 aliphatic rings. The molecule has 1 rings (SSSR count). The zero-order valence-corrected chi connectivity index (χ0v) is 10.8. The van der Waals surface area contributed by atoms with Gasteiger partial charge in [-0.3, -0.25) is 4.79 Å². The van der Waals surface area contributed by atoms with Crippen molar-refractivity contribution in [2.75, 3.05) is 18.4 Å². The second kappa shape index (κ2) is 6.89. The minimum absolute atomic E-state index is 0.0823. The van der Waals surface area contributed by atoms with Gasteiger partial charge in [-0.15, -0.1) is 0 Å². The van der Waals surface area contributed by atoms with Crippen LogP contribution in [0.25, 0.3) is 0 Å². The molecule has 0 bridgehead atoms. The highest BCUT2D eigenvalue weighted by atomic mass is 16.1. The van der Waals surface area contributed by atoms with E-state index < -0.39 is 0 Å². The fourth-order valence-electron chi connectivity index (χ4n) is 1.35. The average Bonchev–Trinajstić information content (AvgIpc) is 2.26. The SMILES string of the molecule is Cc1cccc(NCCC(=O)NCC(C)C)n1. The van der Waals surface area contributed by atoms with Crippen LogP contribution in [0.5, 0.6) is 0 Å². The molecule has 94 valence electrons. The summed E-state index contributed by atoms with van der Waals surface area (Å²) >= 11 is 0. The van der Waals surface area contributed by atoms with Crippen molar-refractivity contribution in [1.82, 2.24) is 10.3 Å². The van der Waals surface area contributed by atoms with Crippen LogP contribution >= 0.6 is 0 Å². The highest BCUT2D eigenvalue weighted by molar-refractivity contribution is 5.76. The molecular weight excluding hydrogens is 214 g/mol. The third-order valence-electron chi connectivity index (χ3n) is 2.25. The van der Waals surface area contributed by atoms with Gasteiger partial charge in [0.1, 0.15) is 5.82 Å². The van der Waals surface area contributed by atoms with Gasteiger partial charge >= 0.3 is 0 Å². The predicted octanol–water partition coefficient (Wildman–Crippen LogP) is 1.96. The summed E-state index contributed by atoms with van der Waals surface area (Å²) in [7, 11) is 0. The quantitative estimate of drug-likeness (QED) is 0.792. The number of hydrogen-bond donors (Lipinski definition) is 2. The number of carbonyl (C=O) groups is 1. The monoisotopic (exact) mass is 235 g/mol. The van der Waals surface area contributed by atoms with Crippen LogP contribution < -0.4 is 10.6 Å². The largest absolute Gasteiger partial charge is 0.370 e. The molecular formula is C13H21N3O. The number of aromatic nitrogens is 1. The number of rotatable bonds is 6. The summed E-state index contributed by atoms with van der Waals surface area (Å²) in [5.41, 5.74) is 0.972. The first kappa shape index (κ1) is 13.5. The van der Waals surface area contributed by atoms with Crippen molar-refractivity contribution in [1.29, 1.82) is 0 Å². The molecule has 17 heavy (non-hydrogen) atoms. The van der Waals surface area contributed by atoms with Crippen molar-refractivity contribution in [3.05, 3.63) is 23.9 Å². The van der Waals surface area contributed by atoms with E-state index in [0.717, 1.165) is 18.1 Å². The lowest BCUT2D eigenvalue weighted by Gasteiger charge is -2.08. The zero-order valence-electron chi connectivity index (χ0n) is 10.8. The number of anilines is 1. The number of amides is 1. The van der Waals surface area contributed by atoms with E-state index in [1.807, 2.05) is 25.1 Å². The average molecular weight is 235 g/mol. The molecule has 0 fully saturated rings.